The Morgan fingerprint density at radius 2 is 1.58 bits per heavy atom. The average Bonchev–Trinajstić information content (AvgIpc) is 2.93. The Morgan fingerprint density at radius 3 is 2.25 bits per heavy atom. The minimum absolute atomic E-state index is 0.148. The number of benzene rings is 2. The smallest absolute Gasteiger partial charge is 0.254 e. The van der Waals surface area contributed by atoms with Crippen molar-refractivity contribution in [2.45, 2.75) is 32.2 Å². The van der Waals surface area contributed by atoms with E-state index in [2.05, 4.69) is 4.90 Å². The molecular formula is C27H29FN4O4. The molecule has 1 aromatic heterocycles. The molecule has 2 aliphatic heterocycles. The Bertz CT molecular complexity index is 1220. The summed E-state index contributed by atoms with van der Waals surface area (Å²) in [7, 11) is 3.10. The maximum atomic E-state index is 13.5. The van der Waals surface area contributed by atoms with Crippen molar-refractivity contribution in [1.29, 1.82) is 0 Å². The van der Waals surface area contributed by atoms with E-state index in [1.807, 2.05) is 0 Å². The molecule has 9 heteroatoms. The zero-order chi connectivity index (χ0) is 25.1. The molecule has 2 aromatic carbocycles. The van der Waals surface area contributed by atoms with Gasteiger partial charge in [0.1, 0.15) is 23.1 Å². The predicted molar refractivity (Wildman–Crippen MR) is 133 cm³/mol. The topological polar surface area (TPSA) is 77.0 Å². The normalized spacial score (nSPS) is 15.3. The minimum atomic E-state index is -0.341. The Hall–Kier alpha value is -3.88. The van der Waals surface area contributed by atoms with Gasteiger partial charge in [-0.3, -0.25) is 4.79 Å². The number of aromatic nitrogens is 2. The third kappa shape index (κ3) is 5.05. The summed E-state index contributed by atoms with van der Waals surface area (Å²) in [6.07, 6.45) is 3.97. The zero-order valence-corrected chi connectivity index (χ0v) is 20.5. The fourth-order valence-electron chi connectivity index (χ4n) is 4.59. The molecule has 188 valence electrons. The van der Waals surface area contributed by atoms with E-state index in [1.165, 1.54) is 18.6 Å². The monoisotopic (exact) mass is 492 g/mol. The largest absolute Gasteiger partial charge is 0.497 e. The number of piperidine rings is 1. The molecule has 1 saturated heterocycles. The van der Waals surface area contributed by atoms with Crippen LogP contribution in [0.4, 0.5) is 10.3 Å². The second-order valence-electron chi connectivity index (χ2n) is 8.94. The van der Waals surface area contributed by atoms with Crippen LogP contribution in [0.3, 0.4) is 0 Å². The number of rotatable bonds is 6. The first kappa shape index (κ1) is 23.8. The Balaban J connectivity index is 1.47. The van der Waals surface area contributed by atoms with Gasteiger partial charge in [-0.25, -0.2) is 9.37 Å². The van der Waals surface area contributed by atoms with Crippen LogP contribution in [0.1, 0.15) is 40.9 Å². The molecular weight excluding hydrogens is 463 g/mol. The van der Waals surface area contributed by atoms with Crippen molar-refractivity contribution < 1.29 is 23.4 Å². The van der Waals surface area contributed by atoms with Gasteiger partial charge in [0.05, 0.1) is 32.0 Å². The van der Waals surface area contributed by atoms with Crippen LogP contribution in [0.25, 0.3) is 0 Å². The van der Waals surface area contributed by atoms with Gasteiger partial charge in [-0.1, -0.05) is 0 Å². The van der Waals surface area contributed by atoms with Crippen molar-refractivity contribution in [3.05, 3.63) is 65.1 Å². The molecule has 0 radical (unpaired) electrons. The first-order chi connectivity index (χ1) is 17.5. The number of nitrogens with zero attached hydrogens (tertiary/aromatic N) is 4. The number of hydrogen-bond donors (Lipinski definition) is 0. The van der Waals surface area contributed by atoms with Crippen LogP contribution in [0.5, 0.6) is 23.1 Å². The van der Waals surface area contributed by atoms with Gasteiger partial charge < -0.3 is 24.0 Å². The molecule has 3 heterocycles. The number of fused-ring (bicyclic) bond motifs is 1. The molecule has 2 aliphatic rings. The number of methoxy groups -OCH3 is 2. The van der Waals surface area contributed by atoms with E-state index >= 15 is 0 Å². The molecule has 0 atom stereocenters. The summed E-state index contributed by atoms with van der Waals surface area (Å²) in [5.74, 6) is 2.12. The van der Waals surface area contributed by atoms with Crippen LogP contribution in [-0.2, 0) is 13.0 Å². The predicted octanol–water partition coefficient (Wildman–Crippen LogP) is 4.61. The molecule has 0 N–H and O–H groups in total. The van der Waals surface area contributed by atoms with Gasteiger partial charge in [0.25, 0.3) is 5.91 Å². The van der Waals surface area contributed by atoms with Gasteiger partial charge in [-0.05, 0) is 55.7 Å². The van der Waals surface area contributed by atoms with E-state index in [1.54, 1.807) is 49.5 Å². The van der Waals surface area contributed by atoms with E-state index in [0.717, 1.165) is 37.2 Å². The molecule has 3 aromatic rings. The number of anilines is 1. The summed E-state index contributed by atoms with van der Waals surface area (Å²) >= 11 is 0. The van der Waals surface area contributed by atoms with Crippen LogP contribution in [-0.4, -0.2) is 54.6 Å². The SMILES string of the molecule is COc1cc(OC)cc(C(=O)N2CCc3nc(N4CCCCC4)nc(Oc4ccc(F)cc4)c3C2)c1. The number of amides is 1. The number of halogens is 1. The second-order valence-corrected chi connectivity index (χ2v) is 8.94. The van der Waals surface area contributed by atoms with Crippen molar-refractivity contribution in [3.8, 4) is 23.1 Å². The summed E-state index contributed by atoms with van der Waals surface area (Å²) in [5.41, 5.74) is 2.10. The molecule has 1 amide bonds. The number of carbonyl (C=O) groups excluding carboxylic acids is 1. The third-order valence-electron chi connectivity index (χ3n) is 6.56. The summed E-state index contributed by atoms with van der Waals surface area (Å²) in [6, 6.07) is 11.0. The number of carbonyl (C=O) groups is 1. The van der Waals surface area contributed by atoms with Crippen molar-refractivity contribution >= 4 is 11.9 Å². The van der Waals surface area contributed by atoms with Crippen molar-refractivity contribution in [2.75, 3.05) is 38.8 Å². The van der Waals surface area contributed by atoms with Crippen molar-refractivity contribution in [3.63, 3.8) is 0 Å². The van der Waals surface area contributed by atoms with Crippen LogP contribution in [0, 0.1) is 5.82 Å². The highest BCUT2D eigenvalue weighted by atomic mass is 19.1. The molecule has 5 rings (SSSR count). The Labute approximate surface area is 209 Å². The average molecular weight is 493 g/mol. The van der Waals surface area contributed by atoms with Gasteiger partial charge in [0.15, 0.2) is 0 Å². The lowest BCUT2D eigenvalue weighted by molar-refractivity contribution is 0.0731. The summed E-state index contributed by atoms with van der Waals surface area (Å²) < 4.78 is 30.3. The first-order valence-corrected chi connectivity index (χ1v) is 12.1. The highest BCUT2D eigenvalue weighted by Crippen LogP contribution is 2.33. The van der Waals surface area contributed by atoms with Gasteiger partial charge >= 0.3 is 0 Å². The molecule has 0 aliphatic carbocycles. The van der Waals surface area contributed by atoms with Gasteiger partial charge in [-0.15, -0.1) is 0 Å². The lowest BCUT2D eigenvalue weighted by atomic mass is 10.0. The number of ether oxygens (including phenoxy) is 3. The molecule has 8 nitrogen and oxygen atoms in total. The standard InChI is InChI=1S/C27H29FN4O4/c1-34-21-14-18(15-22(16-21)35-2)26(33)32-13-10-24-23(17-32)25(36-20-8-6-19(28)7-9-20)30-27(29-24)31-11-4-3-5-12-31/h6-9,14-16H,3-5,10-13,17H2,1-2H3. The lowest BCUT2D eigenvalue weighted by Gasteiger charge is -2.32. The van der Waals surface area contributed by atoms with Crippen molar-refractivity contribution in [2.24, 2.45) is 0 Å². The molecule has 0 spiro atoms. The number of hydrogen-bond acceptors (Lipinski definition) is 7. The highest BCUT2D eigenvalue weighted by Gasteiger charge is 2.29. The van der Waals surface area contributed by atoms with E-state index in [4.69, 9.17) is 24.2 Å². The van der Waals surface area contributed by atoms with E-state index in [0.29, 0.717) is 54.2 Å². The molecule has 1 fully saturated rings. The molecule has 0 unspecified atom stereocenters. The molecule has 36 heavy (non-hydrogen) atoms. The quantitative estimate of drug-likeness (QED) is 0.497. The van der Waals surface area contributed by atoms with Gasteiger partial charge in [0.2, 0.25) is 11.8 Å². The molecule has 0 saturated carbocycles. The maximum absolute atomic E-state index is 13.5. The fourth-order valence-corrected chi connectivity index (χ4v) is 4.59. The van der Waals surface area contributed by atoms with Crippen LogP contribution in [0.2, 0.25) is 0 Å². The fraction of sp³-hybridized carbons (Fsp3) is 0.370. The third-order valence-corrected chi connectivity index (χ3v) is 6.56. The summed E-state index contributed by atoms with van der Waals surface area (Å²) in [5, 5.41) is 0. The van der Waals surface area contributed by atoms with E-state index in [-0.39, 0.29) is 11.7 Å². The van der Waals surface area contributed by atoms with Crippen LogP contribution >= 0.6 is 0 Å². The maximum Gasteiger partial charge on any atom is 0.254 e. The van der Waals surface area contributed by atoms with Crippen LogP contribution < -0.4 is 19.1 Å². The Morgan fingerprint density at radius 1 is 0.889 bits per heavy atom. The lowest BCUT2D eigenvalue weighted by Crippen LogP contribution is -2.37. The summed E-state index contributed by atoms with van der Waals surface area (Å²) in [6.45, 7) is 2.61. The van der Waals surface area contributed by atoms with Gasteiger partial charge in [-0.2, -0.15) is 4.98 Å². The van der Waals surface area contributed by atoms with E-state index in [9.17, 15) is 9.18 Å². The van der Waals surface area contributed by atoms with E-state index < -0.39 is 0 Å². The second kappa shape index (κ2) is 10.4. The van der Waals surface area contributed by atoms with Gasteiger partial charge in [0, 0.05) is 37.7 Å². The first-order valence-electron chi connectivity index (χ1n) is 12.1. The summed E-state index contributed by atoms with van der Waals surface area (Å²) in [4.78, 5) is 27.0. The molecule has 0 bridgehead atoms. The van der Waals surface area contributed by atoms with Crippen molar-refractivity contribution in [1.82, 2.24) is 14.9 Å². The Kier molecular flexibility index (Phi) is 6.88. The highest BCUT2D eigenvalue weighted by molar-refractivity contribution is 5.95. The minimum Gasteiger partial charge on any atom is -0.497 e. The van der Waals surface area contributed by atoms with Crippen LogP contribution in [0.15, 0.2) is 42.5 Å². The zero-order valence-electron chi connectivity index (χ0n) is 20.5.